The molecule has 6 heteroatoms. The standard InChI is InChI=1S/C16H20FN3O2/c1-10-12(3-2-8-22-10)16(21)18-7-6-15-19-13-5-4-11(17)9-14(13)20-15/h4-5,9-10,12H,2-3,6-8H2,1H3,(H,18,21)(H,19,20)/t10-,12+/m1/s1. The molecule has 0 spiro atoms. The molecule has 22 heavy (non-hydrogen) atoms. The molecule has 1 aliphatic heterocycles. The number of benzene rings is 1. The minimum absolute atomic E-state index is 0.0251. The zero-order valence-electron chi connectivity index (χ0n) is 12.6. The number of H-pyrrole nitrogens is 1. The average molecular weight is 305 g/mol. The summed E-state index contributed by atoms with van der Waals surface area (Å²) in [5.41, 5.74) is 1.41. The Morgan fingerprint density at radius 1 is 1.55 bits per heavy atom. The largest absolute Gasteiger partial charge is 0.378 e. The van der Waals surface area contributed by atoms with Crippen molar-refractivity contribution in [3.05, 3.63) is 29.8 Å². The van der Waals surface area contributed by atoms with Crippen molar-refractivity contribution in [2.75, 3.05) is 13.2 Å². The number of carbonyl (C=O) groups excluding carboxylic acids is 1. The first-order valence-electron chi connectivity index (χ1n) is 7.67. The fourth-order valence-electron chi connectivity index (χ4n) is 2.86. The first-order valence-corrected chi connectivity index (χ1v) is 7.67. The number of aromatic amines is 1. The molecule has 2 aromatic rings. The molecule has 1 aliphatic rings. The lowest BCUT2D eigenvalue weighted by atomic mass is 9.94. The zero-order chi connectivity index (χ0) is 15.5. The Kier molecular flexibility index (Phi) is 4.38. The van der Waals surface area contributed by atoms with Crippen LogP contribution in [0, 0.1) is 11.7 Å². The number of fused-ring (bicyclic) bond motifs is 1. The van der Waals surface area contributed by atoms with Crippen LogP contribution >= 0.6 is 0 Å². The number of ether oxygens (including phenoxy) is 1. The average Bonchev–Trinajstić information content (AvgIpc) is 2.89. The van der Waals surface area contributed by atoms with Gasteiger partial charge in [-0.1, -0.05) is 0 Å². The maximum atomic E-state index is 13.1. The van der Waals surface area contributed by atoms with Gasteiger partial charge in [0, 0.05) is 19.6 Å². The van der Waals surface area contributed by atoms with E-state index in [2.05, 4.69) is 15.3 Å². The van der Waals surface area contributed by atoms with E-state index in [1.807, 2.05) is 6.92 Å². The van der Waals surface area contributed by atoms with Gasteiger partial charge in [0.2, 0.25) is 5.91 Å². The third-order valence-electron chi connectivity index (χ3n) is 4.10. The van der Waals surface area contributed by atoms with E-state index < -0.39 is 0 Å². The van der Waals surface area contributed by atoms with Crippen molar-refractivity contribution in [2.45, 2.75) is 32.3 Å². The summed E-state index contributed by atoms with van der Waals surface area (Å²) in [5, 5.41) is 2.93. The number of amides is 1. The van der Waals surface area contributed by atoms with Crippen LogP contribution in [0.3, 0.4) is 0 Å². The molecule has 1 aromatic carbocycles. The number of rotatable bonds is 4. The lowest BCUT2D eigenvalue weighted by Gasteiger charge is -2.27. The summed E-state index contributed by atoms with van der Waals surface area (Å²) >= 11 is 0. The summed E-state index contributed by atoms with van der Waals surface area (Å²) in [4.78, 5) is 19.6. The predicted octanol–water partition coefficient (Wildman–Crippen LogP) is 2.18. The van der Waals surface area contributed by atoms with Gasteiger partial charge in [-0.3, -0.25) is 4.79 Å². The second-order valence-electron chi connectivity index (χ2n) is 5.71. The lowest BCUT2D eigenvalue weighted by molar-refractivity contribution is -0.133. The molecule has 0 saturated carbocycles. The molecule has 0 aliphatic carbocycles. The predicted molar refractivity (Wildman–Crippen MR) is 80.9 cm³/mol. The van der Waals surface area contributed by atoms with Crippen LogP contribution in [0.4, 0.5) is 4.39 Å². The van der Waals surface area contributed by atoms with Crippen LogP contribution in [0.5, 0.6) is 0 Å². The quantitative estimate of drug-likeness (QED) is 0.910. The Hall–Kier alpha value is -1.95. The molecular weight excluding hydrogens is 285 g/mol. The van der Waals surface area contributed by atoms with Crippen molar-refractivity contribution in [1.29, 1.82) is 0 Å². The number of imidazole rings is 1. The van der Waals surface area contributed by atoms with Crippen molar-refractivity contribution in [2.24, 2.45) is 5.92 Å². The van der Waals surface area contributed by atoms with Crippen LogP contribution in [0.1, 0.15) is 25.6 Å². The lowest BCUT2D eigenvalue weighted by Crippen LogP contribution is -2.40. The molecule has 0 unspecified atom stereocenters. The number of halogens is 1. The van der Waals surface area contributed by atoms with Crippen molar-refractivity contribution in [1.82, 2.24) is 15.3 Å². The molecule has 0 radical (unpaired) electrons. The van der Waals surface area contributed by atoms with Crippen LogP contribution in [0.15, 0.2) is 18.2 Å². The van der Waals surface area contributed by atoms with Crippen LogP contribution in [-0.2, 0) is 16.0 Å². The number of carbonyl (C=O) groups is 1. The normalized spacial score (nSPS) is 21.9. The zero-order valence-corrected chi connectivity index (χ0v) is 12.6. The van der Waals surface area contributed by atoms with Crippen LogP contribution < -0.4 is 5.32 Å². The molecule has 1 saturated heterocycles. The monoisotopic (exact) mass is 305 g/mol. The summed E-state index contributed by atoms with van der Waals surface area (Å²) in [6, 6.07) is 4.45. The van der Waals surface area contributed by atoms with Crippen LogP contribution in [0.2, 0.25) is 0 Å². The first-order chi connectivity index (χ1) is 10.6. The van der Waals surface area contributed by atoms with Gasteiger partial charge in [-0.25, -0.2) is 9.37 Å². The molecule has 118 valence electrons. The second kappa shape index (κ2) is 6.44. The molecule has 1 fully saturated rings. The molecule has 0 bridgehead atoms. The fraction of sp³-hybridized carbons (Fsp3) is 0.500. The van der Waals surface area contributed by atoms with Crippen molar-refractivity contribution < 1.29 is 13.9 Å². The van der Waals surface area contributed by atoms with Gasteiger partial charge in [-0.2, -0.15) is 0 Å². The third kappa shape index (κ3) is 3.27. The van der Waals surface area contributed by atoms with Crippen molar-refractivity contribution in [3.63, 3.8) is 0 Å². The molecule has 1 amide bonds. The molecular formula is C16H20FN3O2. The summed E-state index contributed by atoms with van der Waals surface area (Å²) in [5.74, 6) is 0.420. The molecule has 2 atom stereocenters. The van der Waals surface area contributed by atoms with E-state index in [1.54, 1.807) is 6.07 Å². The van der Waals surface area contributed by atoms with E-state index in [1.165, 1.54) is 12.1 Å². The van der Waals surface area contributed by atoms with Crippen molar-refractivity contribution >= 4 is 16.9 Å². The SMILES string of the molecule is C[C@H]1OCCC[C@@H]1C(=O)NCCc1nc2ccc(F)cc2[nH]1. The topological polar surface area (TPSA) is 67.0 Å². The Morgan fingerprint density at radius 3 is 3.23 bits per heavy atom. The van der Waals surface area contributed by atoms with Gasteiger partial charge in [-0.15, -0.1) is 0 Å². The first kappa shape index (κ1) is 15.0. The molecule has 1 aromatic heterocycles. The van der Waals surface area contributed by atoms with Crippen LogP contribution in [-0.4, -0.2) is 35.1 Å². The highest BCUT2D eigenvalue weighted by atomic mass is 19.1. The maximum Gasteiger partial charge on any atom is 0.225 e. The molecule has 3 rings (SSSR count). The van der Waals surface area contributed by atoms with Gasteiger partial charge in [0.1, 0.15) is 11.6 Å². The van der Waals surface area contributed by atoms with Gasteiger partial charge in [0.05, 0.1) is 23.1 Å². The number of nitrogens with zero attached hydrogens (tertiary/aromatic N) is 1. The van der Waals surface area contributed by atoms with E-state index >= 15 is 0 Å². The number of nitrogens with one attached hydrogen (secondary N) is 2. The number of hydrogen-bond acceptors (Lipinski definition) is 3. The Labute approximate surface area is 128 Å². The Balaban J connectivity index is 1.54. The minimum atomic E-state index is -0.290. The van der Waals surface area contributed by atoms with E-state index in [4.69, 9.17) is 4.74 Å². The molecule has 2 N–H and O–H groups in total. The molecule has 5 nitrogen and oxygen atoms in total. The third-order valence-corrected chi connectivity index (χ3v) is 4.10. The summed E-state index contributed by atoms with van der Waals surface area (Å²) in [7, 11) is 0. The van der Waals surface area contributed by atoms with Crippen LogP contribution in [0.25, 0.3) is 11.0 Å². The Morgan fingerprint density at radius 2 is 2.41 bits per heavy atom. The van der Waals surface area contributed by atoms with Gasteiger partial charge >= 0.3 is 0 Å². The fourth-order valence-corrected chi connectivity index (χ4v) is 2.86. The number of hydrogen-bond donors (Lipinski definition) is 2. The van der Waals surface area contributed by atoms with E-state index in [-0.39, 0.29) is 23.7 Å². The Bertz CT molecular complexity index is 670. The summed E-state index contributed by atoms with van der Waals surface area (Å²) in [6.07, 6.45) is 2.36. The highest BCUT2D eigenvalue weighted by molar-refractivity contribution is 5.79. The summed E-state index contributed by atoms with van der Waals surface area (Å²) in [6.45, 7) is 3.18. The van der Waals surface area contributed by atoms with Gasteiger partial charge in [0.15, 0.2) is 0 Å². The highest BCUT2D eigenvalue weighted by Crippen LogP contribution is 2.20. The smallest absolute Gasteiger partial charge is 0.225 e. The van der Waals surface area contributed by atoms with E-state index in [9.17, 15) is 9.18 Å². The molecule has 2 heterocycles. The minimum Gasteiger partial charge on any atom is -0.378 e. The van der Waals surface area contributed by atoms with Crippen molar-refractivity contribution in [3.8, 4) is 0 Å². The summed E-state index contributed by atoms with van der Waals surface area (Å²) < 4.78 is 18.6. The van der Waals surface area contributed by atoms with Gasteiger partial charge in [-0.05, 0) is 38.0 Å². The maximum absolute atomic E-state index is 13.1. The second-order valence-corrected chi connectivity index (χ2v) is 5.71. The van der Waals surface area contributed by atoms with E-state index in [0.717, 1.165) is 30.8 Å². The van der Waals surface area contributed by atoms with Gasteiger partial charge in [0.25, 0.3) is 0 Å². The van der Waals surface area contributed by atoms with E-state index in [0.29, 0.717) is 18.5 Å². The number of aromatic nitrogens is 2. The van der Waals surface area contributed by atoms with Gasteiger partial charge < -0.3 is 15.0 Å². The highest BCUT2D eigenvalue weighted by Gasteiger charge is 2.28.